The fourth-order valence-corrected chi connectivity index (χ4v) is 3.03. The molecule has 128 valence electrons. The zero-order valence-electron chi connectivity index (χ0n) is 13.4. The number of benzene rings is 1. The molecular weight excluding hydrogens is 305 g/mol. The van der Waals surface area contributed by atoms with Crippen LogP contribution < -0.4 is 5.32 Å². The van der Waals surface area contributed by atoms with Gasteiger partial charge in [0.1, 0.15) is 0 Å². The fraction of sp³-hybridized carbons (Fsp3) is 0.588. The number of nitrogens with zero attached hydrogens (tertiary/aromatic N) is 1. The summed E-state index contributed by atoms with van der Waals surface area (Å²) in [6, 6.07) is 8.67. The maximum atomic E-state index is 12.8. The smallest absolute Gasteiger partial charge is 0.335 e. The molecule has 0 radical (unpaired) electrons. The Labute approximate surface area is 134 Å². The zero-order chi connectivity index (χ0) is 17.0. The van der Waals surface area contributed by atoms with Crippen molar-refractivity contribution in [3.05, 3.63) is 35.9 Å². The maximum absolute atomic E-state index is 12.8. The molecule has 0 bridgehead atoms. The van der Waals surface area contributed by atoms with Gasteiger partial charge >= 0.3 is 12.2 Å². The van der Waals surface area contributed by atoms with Gasteiger partial charge in [0, 0.05) is 13.1 Å². The van der Waals surface area contributed by atoms with E-state index < -0.39 is 18.1 Å². The van der Waals surface area contributed by atoms with Crippen LogP contribution in [0.4, 0.5) is 18.0 Å². The normalized spacial score (nSPS) is 23.2. The van der Waals surface area contributed by atoms with Gasteiger partial charge in [-0.2, -0.15) is 13.2 Å². The summed E-state index contributed by atoms with van der Waals surface area (Å²) in [6.07, 6.45) is -2.94. The van der Waals surface area contributed by atoms with Crippen molar-refractivity contribution in [1.82, 2.24) is 10.2 Å². The van der Waals surface area contributed by atoms with Crippen molar-refractivity contribution in [2.45, 2.75) is 50.9 Å². The lowest BCUT2D eigenvalue weighted by Crippen LogP contribution is -2.47. The molecule has 0 unspecified atom stereocenters. The Morgan fingerprint density at radius 1 is 1.26 bits per heavy atom. The van der Waals surface area contributed by atoms with E-state index in [1.165, 1.54) is 4.90 Å². The molecule has 3 nitrogen and oxygen atoms in total. The van der Waals surface area contributed by atoms with Crippen molar-refractivity contribution >= 4 is 6.03 Å². The van der Waals surface area contributed by atoms with Gasteiger partial charge < -0.3 is 10.2 Å². The number of alkyl halides is 3. The molecule has 0 aliphatic heterocycles. The van der Waals surface area contributed by atoms with Crippen molar-refractivity contribution in [1.29, 1.82) is 0 Å². The van der Waals surface area contributed by atoms with Crippen LogP contribution in [0.1, 0.15) is 44.2 Å². The number of urea groups is 1. The molecular formula is C17H23F3N2O. The van der Waals surface area contributed by atoms with E-state index in [1.54, 1.807) is 7.05 Å². The number of carbonyl (C=O) groups excluding carboxylic acids is 1. The Morgan fingerprint density at radius 2 is 1.91 bits per heavy atom. The molecule has 0 saturated heterocycles. The molecule has 3 atom stereocenters. The Balaban J connectivity index is 1.93. The van der Waals surface area contributed by atoms with E-state index >= 15 is 0 Å². The lowest BCUT2D eigenvalue weighted by atomic mass is 9.85. The second-order valence-corrected chi connectivity index (χ2v) is 6.25. The third-order valence-corrected chi connectivity index (χ3v) is 4.65. The molecule has 0 heterocycles. The average Bonchev–Trinajstić information content (AvgIpc) is 2.53. The molecule has 0 spiro atoms. The number of carbonyl (C=O) groups is 1. The van der Waals surface area contributed by atoms with Crippen molar-refractivity contribution in [3.8, 4) is 0 Å². The monoisotopic (exact) mass is 328 g/mol. The molecule has 1 fully saturated rings. The summed E-state index contributed by atoms with van der Waals surface area (Å²) in [6.45, 7) is 1.90. The van der Waals surface area contributed by atoms with Crippen molar-refractivity contribution in [2.75, 3.05) is 7.05 Å². The summed E-state index contributed by atoms with van der Waals surface area (Å²) in [7, 11) is 1.66. The zero-order valence-corrected chi connectivity index (χ0v) is 13.4. The molecule has 1 aromatic carbocycles. The Morgan fingerprint density at radius 3 is 2.52 bits per heavy atom. The van der Waals surface area contributed by atoms with Crippen LogP contribution in [0.3, 0.4) is 0 Å². The first-order valence-corrected chi connectivity index (χ1v) is 7.94. The fourth-order valence-electron chi connectivity index (χ4n) is 3.03. The van der Waals surface area contributed by atoms with E-state index in [0.717, 1.165) is 5.56 Å². The minimum Gasteiger partial charge on any atom is -0.335 e. The van der Waals surface area contributed by atoms with Crippen LogP contribution in [0.25, 0.3) is 0 Å². The second kappa shape index (κ2) is 7.23. The topological polar surface area (TPSA) is 32.3 Å². The minimum absolute atomic E-state index is 0.0250. The largest absolute Gasteiger partial charge is 0.391 e. The van der Waals surface area contributed by atoms with Gasteiger partial charge in [0.15, 0.2) is 0 Å². The molecule has 1 aliphatic carbocycles. The van der Waals surface area contributed by atoms with Gasteiger partial charge in [0.2, 0.25) is 0 Å². The predicted octanol–water partition coefficient (Wildman–Crippen LogP) is 4.51. The molecule has 2 rings (SSSR count). The van der Waals surface area contributed by atoms with Crippen molar-refractivity contribution in [3.63, 3.8) is 0 Å². The molecule has 2 amide bonds. The van der Waals surface area contributed by atoms with Gasteiger partial charge in [-0.3, -0.25) is 0 Å². The minimum atomic E-state index is -4.17. The number of hydrogen-bond donors (Lipinski definition) is 1. The standard InChI is InChI=1S/C17H23F3N2O/c1-12(13-7-4-3-5-8-13)22(2)16(23)21-15-10-6-9-14(11-15)17(18,19)20/h3-5,7-8,12,14-15H,6,9-11H2,1-2H3,(H,21,23)/t12-,14-,15+/m1/s1. The summed E-state index contributed by atoms with van der Waals surface area (Å²) in [5.74, 6) is -1.31. The number of hydrogen-bond acceptors (Lipinski definition) is 1. The van der Waals surface area contributed by atoms with Crippen LogP contribution >= 0.6 is 0 Å². The van der Waals surface area contributed by atoms with Gasteiger partial charge in [-0.25, -0.2) is 4.79 Å². The van der Waals surface area contributed by atoms with E-state index in [-0.39, 0.29) is 24.9 Å². The third kappa shape index (κ3) is 4.62. The number of amides is 2. The summed E-state index contributed by atoms with van der Waals surface area (Å²) in [4.78, 5) is 13.9. The van der Waals surface area contributed by atoms with Gasteiger partial charge in [-0.15, -0.1) is 0 Å². The molecule has 23 heavy (non-hydrogen) atoms. The Hall–Kier alpha value is -1.72. The predicted molar refractivity (Wildman–Crippen MR) is 83.0 cm³/mol. The number of nitrogens with one attached hydrogen (secondary N) is 1. The quantitative estimate of drug-likeness (QED) is 0.870. The SMILES string of the molecule is C[C@H](c1ccccc1)N(C)C(=O)N[C@H]1CCC[C@@H](C(F)(F)F)C1. The van der Waals surface area contributed by atoms with Gasteiger partial charge in [0.25, 0.3) is 0 Å². The van der Waals surface area contributed by atoms with Crippen LogP contribution in [0.2, 0.25) is 0 Å². The molecule has 1 aliphatic rings. The molecule has 1 saturated carbocycles. The third-order valence-electron chi connectivity index (χ3n) is 4.65. The summed E-state index contributed by atoms with van der Waals surface area (Å²) in [5, 5.41) is 2.76. The molecule has 6 heteroatoms. The lowest BCUT2D eigenvalue weighted by molar-refractivity contribution is -0.183. The van der Waals surface area contributed by atoms with Crippen LogP contribution in [-0.2, 0) is 0 Å². The van der Waals surface area contributed by atoms with Crippen molar-refractivity contribution in [2.24, 2.45) is 5.92 Å². The summed E-state index contributed by atoms with van der Waals surface area (Å²) in [5.41, 5.74) is 0.988. The molecule has 1 N–H and O–H groups in total. The molecule has 0 aromatic heterocycles. The van der Waals surface area contributed by atoms with E-state index in [4.69, 9.17) is 0 Å². The number of halogens is 3. The number of rotatable bonds is 3. The summed E-state index contributed by atoms with van der Waals surface area (Å²) >= 11 is 0. The van der Waals surface area contributed by atoms with Crippen molar-refractivity contribution < 1.29 is 18.0 Å². The Kier molecular flexibility index (Phi) is 5.55. The van der Waals surface area contributed by atoms with Gasteiger partial charge in [-0.1, -0.05) is 36.8 Å². The maximum Gasteiger partial charge on any atom is 0.391 e. The van der Waals surface area contributed by atoms with E-state index in [0.29, 0.717) is 12.8 Å². The summed E-state index contributed by atoms with van der Waals surface area (Å²) < 4.78 is 38.5. The highest BCUT2D eigenvalue weighted by atomic mass is 19.4. The van der Waals surface area contributed by atoms with Crippen LogP contribution in [0.5, 0.6) is 0 Å². The van der Waals surface area contributed by atoms with Gasteiger partial charge in [-0.05, 0) is 31.7 Å². The first-order valence-electron chi connectivity index (χ1n) is 7.94. The van der Waals surface area contributed by atoms with Crippen LogP contribution in [0, 0.1) is 5.92 Å². The first kappa shape index (κ1) is 17.6. The average molecular weight is 328 g/mol. The van der Waals surface area contributed by atoms with E-state index in [9.17, 15) is 18.0 Å². The lowest BCUT2D eigenvalue weighted by Gasteiger charge is -2.33. The van der Waals surface area contributed by atoms with Gasteiger partial charge in [0.05, 0.1) is 12.0 Å². The Bertz CT molecular complexity index is 518. The first-order chi connectivity index (χ1) is 10.8. The van der Waals surface area contributed by atoms with E-state index in [2.05, 4.69) is 5.32 Å². The van der Waals surface area contributed by atoms with E-state index in [1.807, 2.05) is 37.3 Å². The van der Waals surface area contributed by atoms with Crippen LogP contribution in [0.15, 0.2) is 30.3 Å². The molecule has 1 aromatic rings. The second-order valence-electron chi connectivity index (χ2n) is 6.25. The highest BCUT2D eigenvalue weighted by Gasteiger charge is 2.42. The highest BCUT2D eigenvalue weighted by molar-refractivity contribution is 5.74. The highest BCUT2D eigenvalue weighted by Crippen LogP contribution is 2.37. The van der Waals surface area contributed by atoms with Crippen LogP contribution in [-0.4, -0.2) is 30.2 Å².